The van der Waals surface area contributed by atoms with E-state index in [-0.39, 0.29) is 0 Å². The molecule has 3 heterocycles. The Labute approximate surface area is 144 Å². The fourth-order valence-corrected chi connectivity index (χ4v) is 4.59. The molecule has 24 heavy (non-hydrogen) atoms. The second-order valence-corrected chi connectivity index (χ2v) is 7.51. The molecule has 2 fully saturated rings. The molecular formula is C20H27N3O. The molecule has 4 rings (SSSR count). The van der Waals surface area contributed by atoms with Crippen molar-refractivity contribution in [3.8, 4) is 0 Å². The average molecular weight is 325 g/mol. The number of furan rings is 1. The summed E-state index contributed by atoms with van der Waals surface area (Å²) in [5, 5.41) is 0. The lowest BCUT2D eigenvalue weighted by atomic mass is 9.58. The molecule has 1 saturated heterocycles. The lowest BCUT2D eigenvalue weighted by Gasteiger charge is -2.57. The van der Waals surface area contributed by atoms with Crippen molar-refractivity contribution in [1.82, 2.24) is 14.8 Å². The highest BCUT2D eigenvalue weighted by Crippen LogP contribution is 2.51. The van der Waals surface area contributed by atoms with Crippen LogP contribution in [0, 0.1) is 5.41 Å². The predicted octanol–water partition coefficient (Wildman–Crippen LogP) is 3.55. The number of hydrogen-bond acceptors (Lipinski definition) is 4. The molecule has 0 unspecified atom stereocenters. The number of pyridine rings is 1. The van der Waals surface area contributed by atoms with Crippen LogP contribution in [-0.2, 0) is 13.1 Å². The molecule has 1 aliphatic heterocycles. The lowest BCUT2D eigenvalue weighted by molar-refractivity contribution is -0.0649. The van der Waals surface area contributed by atoms with E-state index in [9.17, 15) is 0 Å². The van der Waals surface area contributed by atoms with Gasteiger partial charge in [-0.1, -0.05) is 6.07 Å². The number of likely N-dealkylation sites (tertiary alicyclic amines) is 1. The zero-order valence-corrected chi connectivity index (χ0v) is 14.5. The van der Waals surface area contributed by atoms with E-state index < -0.39 is 0 Å². The maximum Gasteiger partial charge on any atom is 0.117 e. The van der Waals surface area contributed by atoms with Gasteiger partial charge in [0.15, 0.2) is 0 Å². The van der Waals surface area contributed by atoms with Crippen LogP contribution in [0.25, 0.3) is 0 Å². The van der Waals surface area contributed by atoms with Gasteiger partial charge >= 0.3 is 0 Å². The topological polar surface area (TPSA) is 32.5 Å². The van der Waals surface area contributed by atoms with Gasteiger partial charge in [-0.3, -0.25) is 14.8 Å². The highest BCUT2D eigenvalue weighted by molar-refractivity contribution is 5.07. The summed E-state index contributed by atoms with van der Waals surface area (Å²) >= 11 is 0. The van der Waals surface area contributed by atoms with Crippen LogP contribution in [0.2, 0.25) is 0 Å². The largest absolute Gasteiger partial charge is 0.468 e. The molecule has 4 heteroatoms. The quantitative estimate of drug-likeness (QED) is 0.841. The summed E-state index contributed by atoms with van der Waals surface area (Å²) in [4.78, 5) is 9.54. The number of aromatic nitrogens is 1. The summed E-state index contributed by atoms with van der Waals surface area (Å²) in [5.41, 5.74) is 1.72. The van der Waals surface area contributed by atoms with Crippen molar-refractivity contribution in [1.29, 1.82) is 0 Å². The minimum absolute atomic E-state index is 0.530. The summed E-state index contributed by atoms with van der Waals surface area (Å²) in [6.07, 6.45) is 9.01. The zero-order valence-electron chi connectivity index (χ0n) is 14.5. The molecule has 2 aromatic rings. The standard InChI is InChI=1S/C20H27N3O/c1-22(16-18-6-4-14-24-18)19-7-8-20(19)9-12-23(13-10-20)15-17-5-2-3-11-21-17/h2-6,11,14,19H,7-10,12-13,15-16H2,1H3/t19-/m1/s1. The highest BCUT2D eigenvalue weighted by Gasteiger charge is 2.49. The molecule has 128 valence electrons. The SMILES string of the molecule is CN(Cc1ccco1)[C@@H]1CCC12CCN(Cc1ccccn1)CC2. The van der Waals surface area contributed by atoms with Crippen molar-refractivity contribution in [2.45, 2.75) is 44.8 Å². The maximum absolute atomic E-state index is 5.53. The van der Waals surface area contributed by atoms with Gasteiger partial charge in [0.05, 0.1) is 18.5 Å². The van der Waals surface area contributed by atoms with Crippen molar-refractivity contribution in [2.24, 2.45) is 5.41 Å². The van der Waals surface area contributed by atoms with E-state index in [2.05, 4.69) is 40.0 Å². The molecule has 0 radical (unpaired) electrons. The Morgan fingerprint density at radius 2 is 2.08 bits per heavy atom. The summed E-state index contributed by atoms with van der Waals surface area (Å²) in [6, 6.07) is 11.0. The van der Waals surface area contributed by atoms with Crippen molar-refractivity contribution >= 4 is 0 Å². The molecule has 0 N–H and O–H groups in total. The zero-order chi connectivity index (χ0) is 16.4. The Hall–Kier alpha value is -1.65. The van der Waals surface area contributed by atoms with E-state index in [1.807, 2.05) is 18.3 Å². The van der Waals surface area contributed by atoms with Gasteiger partial charge in [-0.05, 0) is 75.5 Å². The van der Waals surface area contributed by atoms with Gasteiger partial charge in [-0.2, -0.15) is 0 Å². The lowest BCUT2D eigenvalue weighted by Crippen LogP contribution is -2.57. The van der Waals surface area contributed by atoms with E-state index in [0.29, 0.717) is 11.5 Å². The van der Waals surface area contributed by atoms with Crippen molar-refractivity contribution in [3.63, 3.8) is 0 Å². The van der Waals surface area contributed by atoms with Crippen molar-refractivity contribution in [3.05, 3.63) is 54.2 Å². The third-order valence-electron chi connectivity index (χ3n) is 6.10. The molecule has 0 aromatic carbocycles. The smallest absolute Gasteiger partial charge is 0.117 e. The number of hydrogen-bond donors (Lipinski definition) is 0. The molecule has 2 aliphatic rings. The first-order valence-corrected chi connectivity index (χ1v) is 9.10. The van der Waals surface area contributed by atoms with Crippen LogP contribution in [0.3, 0.4) is 0 Å². The third-order valence-corrected chi connectivity index (χ3v) is 6.10. The van der Waals surface area contributed by atoms with Gasteiger partial charge in [0, 0.05) is 18.8 Å². The highest BCUT2D eigenvalue weighted by atomic mass is 16.3. The number of piperidine rings is 1. The molecule has 0 bridgehead atoms. The summed E-state index contributed by atoms with van der Waals surface area (Å²) < 4.78 is 5.53. The molecule has 0 amide bonds. The molecule has 1 atom stereocenters. The molecule has 2 aromatic heterocycles. The van der Waals surface area contributed by atoms with Crippen molar-refractivity contribution < 1.29 is 4.42 Å². The van der Waals surface area contributed by atoms with E-state index >= 15 is 0 Å². The summed E-state index contributed by atoms with van der Waals surface area (Å²) in [6.45, 7) is 4.31. The van der Waals surface area contributed by atoms with Crippen LogP contribution in [0.15, 0.2) is 47.2 Å². The van der Waals surface area contributed by atoms with Crippen LogP contribution in [0.1, 0.15) is 37.1 Å². The Balaban J connectivity index is 1.32. The molecule has 1 aliphatic carbocycles. The maximum atomic E-state index is 5.53. The molecule has 1 saturated carbocycles. The Morgan fingerprint density at radius 1 is 1.21 bits per heavy atom. The second-order valence-electron chi connectivity index (χ2n) is 7.51. The number of nitrogens with zero attached hydrogens (tertiary/aromatic N) is 3. The molecular weight excluding hydrogens is 298 g/mol. The van der Waals surface area contributed by atoms with E-state index in [0.717, 1.165) is 18.8 Å². The van der Waals surface area contributed by atoms with Crippen LogP contribution >= 0.6 is 0 Å². The Bertz CT molecular complexity index is 632. The van der Waals surface area contributed by atoms with Gasteiger partial charge < -0.3 is 4.42 Å². The minimum Gasteiger partial charge on any atom is -0.468 e. The summed E-state index contributed by atoms with van der Waals surface area (Å²) in [7, 11) is 2.26. The molecule has 1 spiro atoms. The second kappa shape index (κ2) is 6.69. The van der Waals surface area contributed by atoms with E-state index in [4.69, 9.17) is 4.42 Å². The first kappa shape index (κ1) is 15.9. The fourth-order valence-electron chi connectivity index (χ4n) is 4.59. The third kappa shape index (κ3) is 3.13. The van der Waals surface area contributed by atoms with Crippen LogP contribution in [-0.4, -0.2) is 41.0 Å². The minimum atomic E-state index is 0.530. The van der Waals surface area contributed by atoms with Gasteiger partial charge in [0.1, 0.15) is 5.76 Å². The van der Waals surface area contributed by atoms with E-state index in [1.54, 1.807) is 6.26 Å². The Morgan fingerprint density at radius 3 is 2.71 bits per heavy atom. The number of rotatable bonds is 5. The fraction of sp³-hybridized carbons (Fsp3) is 0.550. The molecule has 4 nitrogen and oxygen atoms in total. The normalized spacial score (nSPS) is 23.5. The van der Waals surface area contributed by atoms with Crippen LogP contribution < -0.4 is 0 Å². The first-order chi connectivity index (χ1) is 11.8. The first-order valence-electron chi connectivity index (χ1n) is 9.10. The van der Waals surface area contributed by atoms with Crippen LogP contribution in [0.5, 0.6) is 0 Å². The van der Waals surface area contributed by atoms with E-state index in [1.165, 1.54) is 44.5 Å². The van der Waals surface area contributed by atoms with Gasteiger partial charge in [-0.15, -0.1) is 0 Å². The van der Waals surface area contributed by atoms with Crippen molar-refractivity contribution in [2.75, 3.05) is 20.1 Å². The average Bonchev–Trinajstić information content (AvgIpc) is 3.08. The Kier molecular flexibility index (Phi) is 4.42. The van der Waals surface area contributed by atoms with Gasteiger partial charge in [0.25, 0.3) is 0 Å². The van der Waals surface area contributed by atoms with Gasteiger partial charge in [0.2, 0.25) is 0 Å². The summed E-state index contributed by atoms with van der Waals surface area (Å²) in [5.74, 6) is 1.08. The monoisotopic (exact) mass is 325 g/mol. The predicted molar refractivity (Wildman–Crippen MR) is 94.4 cm³/mol. The van der Waals surface area contributed by atoms with Gasteiger partial charge in [-0.25, -0.2) is 0 Å². The van der Waals surface area contributed by atoms with Crippen LogP contribution in [0.4, 0.5) is 0 Å².